The van der Waals surface area contributed by atoms with Crippen LogP contribution in [-0.2, 0) is 4.79 Å². The van der Waals surface area contributed by atoms with E-state index >= 15 is 0 Å². The molecule has 4 nitrogen and oxygen atoms in total. The lowest BCUT2D eigenvalue weighted by Crippen LogP contribution is -2.35. The van der Waals surface area contributed by atoms with Crippen molar-refractivity contribution >= 4 is 40.8 Å². The Labute approximate surface area is 131 Å². The van der Waals surface area contributed by atoms with Gasteiger partial charge in [-0.2, -0.15) is 0 Å². The number of nitrogens with zero attached hydrogens (tertiary/aromatic N) is 1. The van der Waals surface area contributed by atoms with E-state index in [0.29, 0.717) is 10.7 Å². The van der Waals surface area contributed by atoms with Crippen molar-refractivity contribution in [2.24, 2.45) is 0 Å². The minimum Gasteiger partial charge on any atom is -0.480 e. The van der Waals surface area contributed by atoms with E-state index in [1.54, 1.807) is 30.3 Å². The number of benzene rings is 2. The first-order chi connectivity index (χ1) is 9.99. The van der Waals surface area contributed by atoms with Crippen LogP contribution in [0.25, 0.3) is 0 Å². The quantitative estimate of drug-likeness (QED) is 0.932. The monoisotopic (exact) mass is 323 g/mol. The van der Waals surface area contributed by atoms with Gasteiger partial charge in [0.05, 0.1) is 10.0 Å². The maximum absolute atomic E-state index is 12.5. The first kappa shape index (κ1) is 15.4. The number of carboxylic acid groups (broad SMARTS) is 1. The predicted octanol–water partition coefficient (Wildman–Crippen LogP) is 3.72. The maximum Gasteiger partial charge on any atom is 0.323 e. The van der Waals surface area contributed by atoms with Crippen LogP contribution in [0.1, 0.15) is 10.4 Å². The summed E-state index contributed by atoms with van der Waals surface area (Å²) in [5.74, 6) is -1.56. The van der Waals surface area contributed by atoms with Crippen LogP contribution in [0.3, 0.4) is 0 Å². The van der Waals surface area contributed by atoms with Gasteiger partial charge in [-0.3, -0.25) is 14.5 Å². The Morgan fingerprint density at radius 2 is 1.67 bits per heavy atom. The molecule has 0 unspecified atom stereocenters. The minimum absolute atomic E-state index is 0.242. The number of anilines is 1. The van der Waals surface area contributed by atoms with E-state index < -0.39 is 18.4 Å². The van der Waals surface area contributed by atoms with Crippen LogP contribution in [0.2, 0.25) is 10.0 Å². The second kappa shape index (κ2) is 6.61. The summed E-state index contributed by atoms with van der Waals surface area (Å²) in [6.45, 7) is -0.441. The highest BCUT2D eigenvalue weighted by atomic mass is 35.5. The third-order valence-electron chi connectivity index (χ3n) is 2.77. The lowest BCUT2D eigenvalue weighted by atomic mass is 10.1. The molecule has 0 fully saturated rings. The Hall–Kier alpha value is -2.04. The summed E-state index contributed by atoms with van der Waals surface area (Å²) in [5, 5.41) is 9.57. The van der Waals surface area contributed by atoms with Crippen molar-refractivity contribution in [1.29, 1.82) is 0 Å². The second-order valence-corrected chi connectivity index (χ2v) is 5.06. The highest BCUT2D eigenvalue weighted by Gasteiger charge is 2.20. The van der Waals surface area contributed by atoms with E-state index in [1.165, 1.54) is 23.1 Å². The van der Waals surface area contributed by atoms with E-state index in [0.717, 1.165) is 0 Å². The molecule has 0 bridgehead atoms. The van der Waals surface area contributed by atoms with Gasteiger partial charge < -0.3 is 5.11 Å². The topological polar surface area (TPSA) is 57.6 Å². The number of carbonyl (C=O) groups excluding carboxylic acids is 1. The third kappa shape index (κ3) is 3.74. The van der Waals surface area contributed by atoms with Gasteiger partial charge in [-0.05, 0) is 30.3 Å². The molecule has 0 aliphatic rings. The van der Waals surface area contributed by atoms with Crippen LogP contribution in [0.4, 0.5) is 5.69 Å². The standard InChI is InChI=1S/C15H11Cl2NO3/c16-12-7-6-10(8-13(12)17)15(21)18(9-14(19)20)11-4-2-1-3-5-11/h1-8H,9H2,(H,19,20). The number of carboxylic acids is 1. The zero-order valence-electron chi connectivity index (χ0n) is 10.8. The molecule has 108 valence electrons. The molecule has 0 aliphatic heterocycles. The van der Waals surface area contributed by atoms with E-state index in [4.69, 9.17) is 28.3 Å². The predicted molar refractivity (Wildman–Crippen MR) is 82.2 cm³/mol. The molecule has 2 aromatic carbocycles. The average Bonchev–Trinajstić information content (AvgIpc) is 2.47. The number of para-hydroxylation sites is 1. The number of aliphatic carboxylic acids is 1. The summed E-state index contributed by atoms with van der Waals surface area (Å²) in [7, 11) is 0. The smallest absolute Gasteiger partial charge is 0.323 e. The molecule has 1 amide bonds. The summed E-state index contributed by atoms with van der Waals surface area (Å²) in [5.41, 5.74) is 0.769. The number of hydrogen-bond acceptors (Lipinski definition) is 2. The van der Waals surface area contributed by atoms with Crippen molar-refractivity contribution in [3.8, 4) is 0 Å². The average molecular weight is 324 g/mol. The Morgan fingerprint density at radius 3 is 2.24 bits per heavy atom. The zero-order valence-corrected chi connectivity index (χ0v) is 12.3. The summed E-state index contributed by atoms with van der Waals surface area (Å²) >= 11 is 11.7. The van der Waals surface area contributed by atoms with E-state index in [1.807, 2.05) is 0 Å². The van der Waals surface area contributed by atoms with Gasteiger partial charge >= 0.3 is 5.97 Å². The van der Waals surface area contributed by atoms with E-state index in [2.05, 4.69) is 0 Å². The molecule has 0 atom stereocenters. The third-order valence-corrected chi connectivity index (χ3v) is 3.51. The van der Waals surface area contributed by atoms with Gasteiger partial charge in [0.15, 0.2) is 0 Å². The molecule has 6 heteroatoms. The van der Waals surface area contributed by atoms with Crippen LogP contribution in [0.15, 0.2) is 48.5 Å². The molecule has 0 aliphatic carbocycles. The first-order valence-electron chi connectivity index (χ1n) is 6.03. The largest absolute Gasteiger partial charge is 0.480 e. The van der Waals surface area contributed by atoms with Crippen LogP contribution in [0.5, 0.6) is 0 Å². The Kier molecular flexibility index (Phi) is 4.83. The van der Waals surface area contributed by atoms with E-state index in [-0.39, 0.29) is 10.6 Å². The molecule has 0 saturated heterocycles. The first-order valence-corrected chi connectivity index (χ1v) is 6.78. The molecule has 2 aromatic rings. The molecule has 0 aromatic heterocycles. The molecule has 21 heavy (non-hydrogen) atoms. The van der Waals surface area contributed by atoms with Gasteiger partial charge in [-0.15, -0.1) is 0 Å². The molecule has 2 rings (SSSR count). The van der Waals surface area contributed by atoms with Crippen molar-refractivity contribution in [1.82, 2.24) is 0 Å². The summed E-state index contributed by atoms with van der Waals surface area (Å²) < 4.78 is 0. The normalized spacial score (nSPS) is 10.2. The number of halogens is 2. The lowest BCUT2D eigenvalue weighted by Gasteiger charge is -2.21. The lowest BCUT2D eigenvalue weighted by molar-refractivity contribution is -0.135. The van der Waals surface area contributed by atoms with Crippen molar-refractivity contribution in [2.45, 2.75) is 0 Å². The molecule has 1 N–H and O–H groups in total. The minimum atomic E-state index is -1.10. The SMILES string of the molecule is O=C(O)CN(C(=O)c1ccc(Cl)c(Cl)c1)c1ccccc1. The molecule has 0 spiro atoms. The Bertz CT molecular complexity index is 674. The zero-order chi connectivity index (χ0) is 15.4. The second-order valence-electron chi connectivity index (χ2n) is 4.25. The summed E-state index contributed by atoms with van der Waals surface area (Å²) in [6.07, 6.45) is 0. The van der Waals surface area contributed by atoms with Gasteiger partial charge in [-0.1, -0.05) is 41.4 Å². The summed E-state index contributed by atoms with van der Waals surface area (Å²) in [6, 6.07) is 13.0. The highest BCUT2D eigenvalue weighted by molar-refractivity contribution is 6.42. The van der Waals surface area contributed by atoms with Crippen LogP contribution in [-0.4, -0.2) is 23.5 Å². The Morgan fingerprint density at radius 1 is 1.00 bits per heavy atom. The summed E-state index contributed by atoms with van der Waals surface area (Å²) in [4.78, 5) is 24.7. The van der Waals surface area contributed by atoms with Crippen molar-refractivity contribution in [2.75, 3.05) is 11.4 Å². The van der Waals surface area contributed by atoms with Gasteiger partial charge in [0.1, 0.15) is 6.54 Å². The number of hydrogen-bond donors (Lipinski definition) is 1. The number of carbonyl (C=O) groups is 2. The highest BCUT2D eigenvalue weighted by Crippen LogP contribution is 2.24. The maximum atomic E-state index is 12.5. The molecule has 0 radical (unpaired) electrons. The number of amides is 1. The van der Waals surface area contributed by atoms with E-state index in [9.17, 15) is 9.59 Å². The van der Waals surface area contributed by atoms with Crippen LogP contribution < -0.4 is 4.90 Å². The van der Waals surface area contributed by atoms with Gasteiger partial charge in [0, 0.05) is 11.3 Å². The molecular weight excluding hydrogens is 313 g/mol. The fraction of sp³-hybridized carbons (Fsp3) is 0.0667. The fourth-order valence-electron chi connectivity index (χ4n) is 1.81. The Balaban J connectivity index is 2.38. The molecular formula is C15H11Cl2NO3. The van der Waals surface area contributed by atoms with Gasteiger partial charge in [0.2, 0.25) is 0 Å². The fourth-order valence-corrected chi connectivity index (χ4v) is 2.11. The van der Waals surface area contributed by atoms with Crippen LogP contribution >= 0.6 is 23.2 Å². The molecule has 0 saturated carbocycles. The van der Waals surface area contributed by atoms with Gasteiger partial charge in [0.25, 0.3) is 5.91 Å². The van der Waals surface area contributed by atoms with Crippen molar-refractivity contribution < 1.29 is 14.7 Å². The molecule has 0 heterocycles. The number of rotatable bonds is 4. The van der Waals surface area contributed by atoms with Crippen molar-refractivity contribution in [3.05, 3.63) is 64.1 Å². The van der Waals surface area contributed by atoms with Crippen molar-refractivity contribution in [3.63, 3.8) is 0 Å². The van der Waals surface area contributed by atoms with Crippen LogP contribution in [0, 0.1) is 0 Å². The van der Waals surface area contributed by atoms with Gasteiger partial charge in [-0.25, -0.2) is 0 Å².